The topological polar surface area (TPSA) is 14.8 Å². The Morgan fingerprint density at radius 1 is 0.243 bits per heavy atom. The van der Waals surface area contributed by atoms with Crippen molar-refractivity contribution in [2.75, 3.05) is 0 Å². The second-order valence-corrected chi connectivity index (χ2v) is 19.5. The van der Waals surface area contributed by atoms with E-state index in [9.17, 15) is 0 Å². The Labute approximate surface area is 414 Å². The van der Waals surface area contributed by atoms with Crippen LogP contribution in [0.2, 0.25) is 0 Å². The van der Waals surface area contributed by atoms with E-state index in [4.69, 9.17) is 0 Å². The summed E-state index contributed by atoms with van der Waals surface area (Å²) in [7, 11) is 16.3. The third kappa shape index (κ3) is 6.18. The summed E-state index contributed by atoms with van der Waals surface area (Å²) in [5.74, 6) is 0. The number of para-hydroxylation sites is 2. The van der Waals surface area contributed by atoms with Gasteiger partial charge in [-0.3, -0.25) is 0 Å². The standard InChI is InChI=1S/C60H46B7N3/c61-52-49(53(62)57(66)59-50(52)51-54(63)55(64)56(65)58(67)60(51)70(59)39-24-20-35(21-25-39)33-12-4-1-5-13-33)37-23-28-46-43(30-37)42-27-22-36(34-14-6-2-7-15-34)31-48(42)69(46)40-26-29-47-44(32-40)41-18-10-11-19-45(41)68(47)38-16-8-3-9-17-38/h1-32H,61-67H2. The second-order valence-electron chi connectivity index (χ2n) is 19.5. The first-order chi connectivity index (χ1) is 34.2. The van der Waals surface area contributed by atoms with Crippen LogP contribution in [-0.4, -0.2) is 68.6 Å². The maximum Gasteiger partial charge on any atom is 0.141 e. The lowest BCUT2D eigenvalue weighted by Gasteiger charge is -2.19. The molecule has 13 aromatic rings. The first-order valence-corrected chi connectivity index (χ1v) is 24.6. The largest absolute Gasteiger partial charge is 0.310 e. The fourth-order valence-corrected chi connectivity index (χ4v) is 12.1. The highest BCUT2D eigenvalue weighted by Gasteiger charge is 2.26. The van der Waals surface area contributed by atoms with Gasteiger partial charge in [-0.2, -0.15) is 0 Å². The highest BCUT2D eigenvalue weighted by Crippen LogP contribution is 2.40. The Hall–Kier alpha value is -7.95. The number of fused-ring (bicyclic) bond motifs is 9. The third-order valence-corrected chi connectivity index (χ3v) is 16.0. The number of aromatic nitrogens is 3. The van der Waals surface area contributed by atoms with Crippen LogP contribution >= 0.6 is 0 Å². The molecule has 3 nitrogen and oxygen atoms in total. The van der Waals surface area contributed by atoms with Gasteiger partial charge >= 0.3 is 0 Å². The van der Waals surface area contributed by atoms with Crippen molar-refractivity contribution in [1.82, 2.24) is 13.7 Å². The van der Waals surface area contributed by atoms with Gasteiger partial charge in [0.2, 0.25) is 0 Å². The molecule has 0 N–H and O–H groups in total. The summed E-state index contributed by atoms with van der Waals surface area (Å²) in [5.41, 5.74) is 27.7. The van der Waals surface area contributed by atoms with Gasteiger partial charge in [-0.15, -0.1) is 5.46 Å². The van der Waals surface area contributed by atoms with Gasteiger partial charge in [-0.05, 0) is 105 Å². The van der Waals surface area contributed by atoms with Crippen LogP contribution in [0.15, 0.2) is 194 Å². The zero-order valence-electron chi connectivity index (χ0n) is 40.8. The van der Waals surface area contributed by atoms with E-state index >= 15 is 0 Å². The SMILES string of the molecule is Bc1c(B)c(B)c2c(c1B)c1c(B)c(-c3ccc4c(c3)c3ccc(-c5ccccc5)cc3n4-c3ccc4c(c3)c3ccccc3n4-c3ccccc3)c(B)c(B)c1n2-c1ccc(-c2ccccc2)cc1. The molecule has 0 saturated heterocycles. The molecule has 70 heavy (non-hydrogen) atoms. The molecule has 0 radical (unpaired) electrons. The van der Waals surface area contributed by atoms with Crippen molar-refractivity contribution in [2.45, 2.75) is 0 Å². The normalized spacial score (nSPS) is 11.8. The van der Waals surface area contributed by atoms with E-state index in [-0.39, 0.29) is 0 Å². The third-order valence-electron chi connectivity index (χ3n) is 16.0. The molecule has 10 heteroatoms. The predicted octanol–water partition coefficient (Wildman–Crippen LogP) is 3.79. The molecule has 0 aliphatic heterocycles. The first kappa shape index (κ1) is 42.2. The Balaban J connectivity index is 1.05. The molecule has 0 unspecified atom stereocenters. The molecule has 0 amide bonds. The van der Waals surface area contributed by atoms with Crippen molar-refractivity contribution in [2.24, 2.45) is 0 Å². The maximum atomic E-state index is 2.57. The smallest absolute Gasteiger partial charge is 0.141 e. The van der Waals surface area contributed by atoms with Crippen LogP contribution in [0.4, 0.5) is 0 Å². The van der Waals surface area contributed by atoms with Crippen LogP contribution in [0.5, 0.6) is 0 Å². The lowest BCUT2D eigenvalue weighted by molar-refractivity contribution is 1.17. The molecule has 322 valence electrons. The van der Waals surface area contributed by atoms with Gasteiger partial charge in [-0.1, -0.05) is 160 Å². The lowest BCUT2D eigenvalue weighted by atomic mass is 9.64. The average molecular weight is 885 g/mol. The van der Waals surface area contributed by atoms with Crippen molar-refractivity contribution < 1.29 is 0 Å². The van der Waals surface area contributed by atoms with E-state index in [1.807, 2.05) is 0 Å². The average Bonchev–Trinajstić information content (AvgIpc) is 4.06. The van der Waals surface area contributed by atoms with E-state index in [1.165, 1.54) is 143 Å². The van der Waals surface area contributed by atoms with Crippen molar-refractivity contribution in [3.63, 3.8) is 0 Å². The quantitative estimate of drug-likeness (QED) is 0.226. The minimum absolute atomic E-state index is 1.15. The van der Waals surface area contributed by atoms with E-state index in [0.717, 1.165) is 11.4 Å². The molecule has 13 rings (SSSR count). The van der Waals surface area contributed by atoms with Crippen LogP contribution in [0, 0.1) is 0 Å². The molecule has 0 bridgehead atoms. The highest BCUT2D eigenvalue weighted by molar-refractivity contribution is 6.69. The van der Waals surface area contributed by atoms with Gasteiger partial charge < -0.3 is 13.7 Å². The van der Waals surface area contributed by atoms with Crippen LogP contribution in [0.3, 0.4) is 0 Å². The summed E-state index contributed by atoms with van der Waals surface area (Å²) >= 11 is 0. The van der Waals surface area contributed by atoms with Crippen LogP contribution in [0.1, 0.15) is 0 Å². The minimum atomic E-state index is 1.15. The molecule has 0 spiro atoms. The molecule has 3 aromatic heterocycles. The Morgan fingerprint density at radius 3 is 1.40 bits per heavy atom. The van der Waals surface area contributed by atoms with E-state index in [0.29, 0.717) is 0 Å². The number of rotatable bonds is 6. The zero-order valence-corrected chi connectivity index (χ0v) is 40.8. The van der Waals surface area contributed by atoms with Crippen molar-refractivity contribution >= 4 is 159 Å². The molecule has 0 aliphatic carbocycles. The summed E-state index contributed by atoms with van der Waals surface area (Å²) in [6, 6.07) is 71.5. The molecular formula is C60H46B7N3. The van der Waals surface area contributed by atoms with Gasteiger partial charge in [0.25, 0.3) is 0 Å². The van der Waals surface area contributed by atoms with Crippen molar-refractivity contribution in [3.8, 4) is 50.4 Å². The Bertz CT molecular complexity index is 4290. The number of benzene rings is 10. The van der Waals surface area contributed by atoms with Crippen molar-refractivity contribution in [1.29, 1.82) is 0 Å². The van der Waals surface area contributed by atoms with Crippen LogP contribution in [-0.2, 0) is 0 Å². The van der Waals surface area contributed by atoms with E-state index in [1.54, 1.807) is 0 Å². The van der Waals surface area contributed by atoms with Gasteiger partial charge in [0, 0.05) is 55.0 Å². The number of hydrogen-bond acceptors (Lipinski definition) is 0. The zero-order chi connectivity index (χ0) is 47.5. The molecule has 0 fully saturated rings. The monoisotopic (exact) mass is 885 g/mol. The summed E-state index contributed by atoms with van der Waals surface area (Å²) in [6.45, 7) is 0. The number of hydrogen-bond donors (Lipinski definition) is 0. The molecule has 0 atom stereocenters. The maximum absolute atomic E-state index is 2.57. The van der Waals surface area contributed by atoms with Crippen molar-refractivity contribution in [3.05, 3.63) is 194 Å². The summed E-state index contributed by atoms with van der Waals surface area (Å²) < 4.78 is 7.47. The van der Waals surface area contributed by atoms with Gasteiger partial charge in [0.05, 0.1) is 22.1 Å². The molecule has 0 saturated carbocycles. The molecule has 0 aliphatic rings. The Kier molecular flexibility index (Phi) is 9.68. The van der Waals surface area contributed by atoms with E-state index < -0.39 is 0 Å². The first-order valence-electron chi connectivity index (χ1n) is 24.6. The van der Waals surface area contributed by atoms with Crippen LogP contribution in [0.25, 0.3) is 116 Å². The summed E-state index contributed by atoms with van der Waals surface area (Å²) in [6.07, 6.45) is 0. The second kappa shape index (κ2) is 16.1. The predicted molar refractivity (Wildman–Crippen MR) is 323 cm³/mol. The summed E-state index contributed by atoms with van der Waals surface area (Å²) in [5, 5.41) is 7.68. The lowest BCUT2D eigenvalue weighted by Crippen LogP contribution is -2.48. The molecule has 10 aromatic carbocycles. The fraction of sp³-hybridized carbons (Fsp3) is 0. The van der Waals surface area contributed by atoms with E-state index in [2.05, 4.69) is 263 Å². The van der Waals surface area contributed by atoms with Gasteiger partial charge in [0.15, 0.2) is 0 Å². The molecule has 3 heterocycles. The molecular weight excluding hydrogens is 838 g/mol. The highest BCUT2D eigenvalue weighted by atomic mass is 15.0. The van der Waals surface area contributed by atoms with Gasteiger partial charge in [-0.25, -0.2) is 0 Å². The fourth-order valence-electron chi connectivity index (χ4n) is 12.1. The Morgan fingerprint density at radius 2 is 0.700 bits per heavy atom. The number of nitrogens with zero attached hydrogens (tertiary/aromatic N) is 3. The van der Waals surface area contributed by atoms with Gasteiger partial charge in [0.1, 0.15) is 54.9 Å². The minimum Gasteiger partial charge on any atom is -0.310 e. The summed E-state index contributed by atoms with van der Waals surface area (Å²) in [4.78, 5) is 0. The van der Waals surface area contributed by atoms with Crippen LogP contribution < -0.4 is 38.2 Å².